The minimum absolute atomic E-state index is 0.298. The van der Waals surface area contributed by atoms with Gasteiger partial charge in [-0.25, -0.2) is 9.82 Å². The van der Waals surface area contributed by atoms with Crippen LogP contribution in [-0.2, 0) is 0 Å². The van der Waals surface area contributed by atoms with E-state index >= 15 is 0 Å². The minimum atomic E-state index is -0.372. The van der Waals surface area contributed by atoms with Crippen LogP contribution in [0.5, 0.6) is 5.75 Å². The summed E-state index contributed by atoms with van der Waals surface area (Å²) < 4.78 is 20.4. The molecule has 1 heterocycles. The number of nitrogens with zero attached hydrogens (tertiary/aromatic N) is 2. The Labute approximate surface area is 167 Å². The van der Waals surface area contributed by atoms with Crippen LogP contribution in [0.4, 0.5) is 4.39 Å². The predicted octanol–water partition coefficient (Wildman–Crippen LogP) is 4.54. The van der Waals surface area contributed by atoms with E-state index in [1.54, 1.807) is 18.2 Å². The van der Waals surface area contributed by atoms with E-state index in [2.05, 4.69) is 10.5 Å². The van der Waals surface area contributed by atoms with Crippen molar-refractivity contribution in [2.24, 2.45) is 5.10 Å². The summed E-state index contributed by atoms with van der Waals surface area (Å²) in [4.78, 5) is 12.6. The maximum Gasteiger partial charge on any atom is 0.275 e. The van der Waals surface area contributed by atoms with Crippen molar-refractivity contribution in [3.05, 3.63) is 96.1 Å². The molecule has 0 radical (unpaired) electrons. The molecule has 1 aromatic heterocycles. The van der Waals surface area contributed by atoms with Crippen molar-refractivity contribution in [3.63, 3.8) is 0 Å². The molecule has 144 valence electrons. The Morgan fingerprint density at radius 3 is 2.48 bits per heavy atom. The second-order valence-corrected chi connectivity index (χ2v) is 6.38. The molecular formula is C23H18FN3O2. The van der Waals surface area contributed by atoms with Crippen LogP contribution in [0.15, 0.2) is 84.1 Å². The Bertz CT molecular complexity index is 1200. The highest BCUT2D eigenvalue weighted by atomic mass is 19.1. The summed E-state index contributed by atoms with van der Waals surface area (Å²) >= 11 is 0. The second kappa shape index (κ2) is 7.98. The smallest absolute Gasteiger partial charge is 0.275 e. The van der Waals surface area contributed by atoms with Gasteiger partial charge >= 0.3 is 0 Å². The number of hydrogen-bond acceptors (Lipinski definition) is 3. The maximum atomic E-state index is 13.1. The molecular weight excluding hydrogens is 369 g/mol. The molecule has 4 rings (SSSR count). The van der Waals surface area contributed by atoms with Gasteiger partial charge in [-0.15, -0.1) is 0 Å². The second-order valence-electron chi connectivity index (χ2n) is 6.38. The normalized spacial score (nSPS) is 11.1. The summed E-state index contributed by atoms with van der Waals surface area (Å²) in [6.45, 7) is 0. The third-order valence-electron chi connectivity index (χ3n) is 4.56. The third kappa shape index (κ3) is 3.87. The molecule has 4 aromatic rings. The molecule has 0 unspecified atom stereocenters. The lowest BCUT2D eigenvalue weighted by Gasteiger charge is -2.09. The van der Waals surface area contributed by atoms with Crippen molar-refractivity contribution in [1.29, 1.82) is 0 Å². The van der Waals surface area contributed by atoms with Crippen molar-refractivity contribution >= 4 is 22.9 Å². The Kier molecular flexibility index (Phi) is 5.07. The number of hydrogen-bond donors (Lipinski definition) is 1. The van der Waals surface area contributed by atoms with Crippen molar-refractivity contribution in [2.75, 3.05) is 7.11 Å². The zero-order valence-electron chi connectivity index (χ0n) is 15.7. The molecule has 5 nitrogen and oxygen atoms in total. The van der Waals surface area contributed by atoms with Gasteiger partial charge in [-0.2, -0.15) is 5.10 Å². The van der Waals surface area contributed by atoms with Gasteiger partial charge in [-0.05, 0) is 59.3 Å². The summed E-state index contributed by atoms with van der Waals surface area (Å²) in [6, 6.07) is 21.2. The van der Waals surface area contributed by atoms with E-state index in [1.165, 1.54) is 25.5 Å². The summed E-state index contributed by atoms with van der Waals surface area (Å²) in [6.07, 6.45) is 3.37. The number of carbonyl (C=O) groups is 1. The Morgan fingerprint density at radius 2 is 1.76 bits per heavy atom. The van der Waals surface area contributed by atoms with Gasteiger partial charge in [0.2, 0.25) is 0 Å². The van der Waals surface area contributed by atoms with Gasteiger partial charge in [0, 0.05) is 11.9 Å². The monoisotopic (exact) mass is 387 g/mol. The Hall–Kier alpha value is -3.93. The highest BCUT2D eigenvalue weighted by Crippen LogP contribution is 2.25. The number of aromatic nitrogens is 1. The average molecular weight is 387 g/mol. The molecule has 0 bridgehead atoms. The van der Waals surface area contributed by atoms with Crippen LogP contribution < -0.4 is 10.2 Å². The largest absolute Gasteiger partial charge is 0.496 e. The molecule has 3 aromatic carbocycles. The Balaban J connectivity index is 1.55. The summed E-state index contributed by atoms with van der Waals surface area (Å²) in [7, 11) is 1.53. The molecule has 0 aliphatic carbocycles. The number of fused-ring (bicyclic) bond motifs is 1. The van der Waals surface area contributed by atoms with E-state index in [0.717, 1.165) is 22.2 Å². The van der Waals surface area contributed by atoms with Gasteiger partial charge in [0.05, 0.1) is 24.6 Å². The zero-order valence-corrected chi connectivity index (χ0v) is 15.7. The van der Waals surface area contributed by atoms with Crippen molar-refractivity contribution in [2.45, 2.75) is 0 Å². The fourth-order valence-corrected chi connectivity index (χ4v) is 3.12. The van der Waals surface area contributed by atoms with E-state index in [0.29, 0.717) is 11.3 Å². The highest BCUT2D eigenvalue weighted by Gasteiger charge is 2.13. The van der Waals surface area contributed by atoms with Gasteiger partial charge in [0.1, 0.15) is 11.6 Å². The van der Waals surface area contributed by atoms with Crippen molar-refractivity contribution in [1.82, 2.24) is 9.99 Å². The topological polar surface area (TPSA) is 55.6 Å². The number of hydrazone groups is 1. The van der Waals surface area contributed by atoms with E-state index in [4.69, 9.17) is 4.74 Å². The predicted molar refractivity (Wildman–Crippen MR) is 111 cm³/mol. The standard InChI is InChI=1S/C23H18FN3O2/c1-29-22-14-17-6-3-2-5-16(17)13-21(22)23(28)26-25-15-20-7-4-12-27(20)19-10-8-18(24)9-11-19/h2-15H,1H3,(H,26,28). The third-order valence-corrected chi connectivity index (χ3v) is 4.56. The molecule has 1 amide bonds. The van der Waals surface area contributed by atoms with Crippen LogP contribution in [0.3, 0.4) is 0 Å². The molecule has 0 atom stereocenters. The number of benzene rings is 3. The lowest BCUT2D eigenvalue weighted by Crippen LogP contribution is -2.18. The van der Waals surface area contributed by atoms with Gasteiger partial charge in [0.25, 0.3) is 5.91 Å². The fraction of sp³-hybridized carbons (Fsp3) is 0.0435. The average Bonchev–Trinajstić information content (AvgIpc) is 3.21. The number of halogens is 1. The molecule has 29 heavy (non-hydrogen) atoms. The van der Waals surface area contributed by atoms with Crippen LogP contribution in [0.2, 0.25) is 0 Å². The number of ether oxygens (including phenoxy) is 1. The van der Waals surface area contributed by atoms with Gasteiger partial charge in [-0.3, -0.25) is 4.79 Å². The summed E-state index contributed by atoms with van der Waals surface area (Å²) in [5.74, 6) is -0.192. The SMILES string of the molecule is COc1cc2ccccc2cc1C(=O)NN=Cc1cccn1-c1ccc(F)cc1. The van der Waals surface area contributed by atoms with Gasteiger partial charge in [-0.1, -0.05) is 24.3 Å². The minimum Gasteiger partial charge on any atom is -0.496 e. The first-order valence-corrected chi connectivity index (χ1v) is 8.99. The molecule has 0 aliphatic heterocycles. The number of methoxy groups -OCH3 is 1. The van der Waals surface area contributed by atoms with Crippen LogP contribution in [0, 0.1) is 5.82 Å². The van der Waals surface area contributed by atoms with Gasteiger partial charge < -0.3 is 9.30 Å². The molecule has 0 spiro atoms. The molecule has 0 fully saturated rings. The fourth-order valence-electron chi connectivity index (χ4n) is 3.12. The first kappa shape index (κ1) is 18.4. The lowest BCUT2D eigenvalue weighted by molar-refractivity contribution is 0.0952. The molecule has 0 saturated heterocycles. The number of amides is 1. The number of rotatable bonds is 5. The quantitative estimate of drug-likeness (QED) is 0.404. The van der Waals surface area contributed by atoms with E-state index in [1.807, 2.05) is 53.2 Å². The number of carbonyl (C=O) groups excluding carboxylic acids is 1. The first-order chi connectivity index (χ1) is 14.2. The lowest BCUT2D eigenvalue weighted by atomic mass is 10.1. The molecule has 6 heteroatoms. The van der Waals surface area contributed by atoms with Crippen LogP contribution in [-0.4, -0.2) is 23.8 Å². The van der Waals surface area contributed by atoms with Crippen LogP contribution >= 0.6 is 0 Å². The van der Waals surface area contributed by atoms with E-state index in [-0.39, 0.29) is 11.7 Å². The van der Waals surface area contributed by atoms with Crippen LogP contribution in [0.25, 0.3) is 16.5 Å². The van der Waals surface area contributed by atoms with Gasteiger partial charge in [0.15, 0.2) is 0 Å². The maximum absolute atomic E-state index is 13.1. The molecule has 1 N–H and O–H groups in total. The Morgan fingerprint density at radius 1 is 1.03 bits per heavy atom. The zero-order chi connectivity index (χ0) is 20.2. The molecule has 0 saturated carbocycles. The highest BCUT2D eigenvalue weighted by molar-refractivity contribution is 6.01. The summed E-state index contributed by atoms with van der Waals surface area (Å²) in [5, 5.41) is 6.00. The van der Waals surface area contributed by atoms with Crippen molar-refractivity contribution < 1.29 is 13.9 Å². The number of nitrogens with one attached hydrogen (secondary N) is 1. The first-order valence-electron chi connectivity index (χ1n) is 8.99. The van der Waals surface area contributed by atoms with Crippen molar-refractivity contribution in [3.8, 4) is 11.4 Å². The van der Waals surface area contributed by atoms with Crippen LogP contribution in [0.1, 0.15) is 16.1 Å². The molecule has 0 aliphatic rings. The van der Waals surface area contributed by atoms with E-state index in [9.17, 15) is 9.18 Å². The van der Waals surface area contributed by atoms with E-state index < -0.39 is 0 Å². The summed E-state index contributed by atoms with van der Waals surface area (Å²) in [5.41, 5.74) is 4.47.